The van der Waals surface area contributed by atoms with Crippen molar-refractivity contribution in [1.82, 2.24) is 5.32 Å². The zero-order chi connectivity index (χ0) is 21.0. The smallest absolute Gasteiger partial charge is 0.338 e. The van der Waals surface area contributed by atoms with Gasteiger partial charge in [-0.1, -0.05) is 48.0 Å². The highest BCUT2D eigenvalue weighted by Crippen LogP contribution is 2.23. The van der Waals surface area contributed by atoms with Crippen LogP contribution < -0.4 is 5.32 Å². The molecule has 1 rings (SSSR count). The van der Waals surface area contributed by atoms with Gasteiger partial charge in [0.15, 0.2) is 10.9 Å². The van der Waals surface area contributed by atoms with Gasteiger partial charge in [0, 0.05) is 19.1 Å². The molecule has 1 aromatic rings. The van der Waals surface area contributed by atoms with Gasteiger partial charge in [0.1, 0.15) is 0 Å². The van der Waals surface area contributed by atoms with Crippen molar-refractivity contribution in [3.63, 3.8) is 0 Å². The van der Waals surface area contributed by atoms with Crippen LogP contribution in [0.5, 0.6) is 0 Å². The summed E-state index contributed by atoms with van der Waals surface area (Å²) >= 11 is 17.6. The molecule has 0 saturated carbocycles. The zero-order valence-electron chi connectivity index (χ0n) is 14.8. The number of amides is 1. The first-order valence-electron chi connectivity index (χ1n) is 7.82. The molecule has 1 aromatic carbocycles. The number of carbonyl (C=O) groups excluding carboxylic acids is 3. The summed E-state index contributed by atoms with van der Waals surface area (Å²) in [6, 6.07) is 4.05. The van der Waals surface area contributed by atoms with Crippen molar-refractivity contribution in [3.05, 3.63) is 33.8 Å². The van der Waals surface area contributed by atoms with Gasteiger partial charge in [-0.25, -0.2) is 4.79 Å². The van der Waals surface area contributed by atoms with E-state index in [0.717, 1.165) is 11.8 Å². The minimum absolute atomic E-state index is 0.0170. The van der Waals surface area contributed by atoms with E-state index in [0.29, 0.717) is 12.2 Å². The first-order chi connectivity index (χ1) is 12.6. The highest BCUT2D eigenvalue weighted by molar-refractivity contribution is 8.13. The molecule has 27 heavy (non-hydrogen) atoms. The molecule has 0 unspecified atom stereocenters. The minimum atomic E-state index is -1.11. The molecular weight excluding hydrogens is 437 g/mol. The molecular formula is C17H20Cl3NO5S. The number of carbonyl (C=O) groups is 4. The molecule has 0 fully saturated rings. The largest absolute Gasteiger partial charge is 0.478 e. The van der Waals surface area contributed by atoms with E-state index in [-0.39, 0.29) is 44.7 Å². The van der Waals surface area contributed by atoms with Crippen LogP contribution >= 0.6 is 46.6 Å². The van der Waals surface area contributed by atoms with Crippen molar-refractivity contribution < 1.29 is 24.3 Å². The number of carboxylic acids is 1. The second kappa shape index (κ2) is 13.8. The number of hydrogen-bond donors (Lipinski definition) is 2. The maximum absolute atomic E-state index is 11.4. The summed E-state index contributed by atoms with van der Waals surface area (Å²) in [7, 11) is 0. The molecule has 1 amide bonds. The Labute approximate surface area is 176 Å². The molecule has 0 aromatic heterocycles. The van der Waals surface area contributed by atoms with Crippen LogP contribution in [0.4, 0.5) is 0 Å². The first kappa shape index (κ1) is 25.7. The number of carboxylic acid groups (broad SMARTS) is 1. The Hall–Kier alpha value is -1.28. The molecule has 0 aliphatic heterocycles. The summed E-state index contributed by atoms with van der Waals surface area (Å²) in [5, 5.41) is 11.5. The van der Waals surface area contributed by atoms with E-state index in [1.807, 2.05) is 0 Å². The van der Waals surface area contributed by atoms with Crippen LogP contribution in [0.25, 0.3) is 0 Å². The SMILES string of the molecule is CC[C@H](NC(=O)CCSC(C)=O)C(=O)CCl.O=C(O)c1c(Cl)cccc1Cl. The zero-order valence-corrected chi connectivity index (χ0v) is 17.8. The number of halogens is 3. The number of nitrogens with one attached hydrogen (secondary N) is 1. The van der Waals surface area contributed by atoms with Gasteiger partial charge in [0.05, 0.1) is 27.5 Å². The molecule has 0 radical (unpaired) electrons. The molecule has 0 spiro atoms. The Morgan fingerprint density at radius 1 is 1.19 bits per heavy atom. The lowest BCUT2D eigenvalue weighted by Gasteiger charge is -2.14. The molecule has 0 saturated heterocycles. The molecule has 1 atom stereocenters. The van der Waals surface area contributed by atoms with Gasteiger partial charge in [-0.2, -0.15) is 0 Å². The van der Waals surface area contributed by atoms with Crippen molar-refractivity contribution in [2.75, 3.05) is 11.6 Å². The maximum Gasteiger partial charge on any atom is 0.338 e. The molecule has 0 bridgehead atoms. The molecule has 150 valence electrons. The topological polar surface area (TPSA) is 101 Å². The van der Waals surface area contributed by atoms with Gasteiger partial charge in [-0.15, -0.1) is 11.6 Å². The van der Waals surface area contributed by atoms with E-state index in [2.05, 4.69) is 5.32 Å². The maximum atomic E-state index is 11.4. The van der Waals surface area contributed by atoms with Gasteiger partial charge in [0.2, 0.25) is 5.91 Å². The molecule has 0 heterocycles. The molecule has 2 N–H and O–H groups in total. The van der Waals surface area contributed by atoms with E-state index < -0.39 is 12.0 Å². The fourth-order valence-corrected chi connectivity index (χ4v) is 3.08. The third-order valence-electron chi connectivity index (χ3n) is 3.07. The Bertz CT molecular complexity index is 664. The summed E-state index contributed by atoms with van der Waals surface area (Å²) in [5.41, 5.74) is -0.0455. The molecule has 6 nitrogen and oxygen atoms in total. The molecule has 0 aliphatic rings. The minimum Gasteiger partial charge on any atom is -0.478 e. The fraction of sp³-hybridized carbons (Fsp3) is 0.412. The second-order valence-electron chi connectivity index (χ2n) is 5.12. The Morgan fingerprint density at radius 3 is 2.11 bits per heavy atom. The van der Waals surface area contributed by atoms with Gasteiger partial charge in [0.25, 0.3) is 0 Å². The van der Waals surface area contributed by atoms with Gasteiger partial charge in [-0.3, -0.25) is 14.4 Å². The fourth-order valence-electron chi connectivity index (χ4n) is 1.76. The van der Waals surface area contributed by atoms with Crippen molar-refractivity contribution in [2.24, 2.45) is 0 Å². The highest BCUT2D eigenvalue weighted by Gasteiger charge is 2.17. The van der Waals surface area contributed by atoms with E-state index in [1.54, 1.807) is 13.0 Å². The van der Waals surface area contributed by atoms with E-state index in [1.165, 1.54) is 19.1 Å². The summed E-state index contributed by atoms with van der Waals surface area (Å²) in [5.74, 6) is -1.18. The second-order valence-corrected chi connectivity index (χ2v) is 7.47. The number of hydrogen-bond acceptors (Lipinski definition) is 5. The summed E-state index contributed by atoms with van der Waals surface area (Å²) < 4.78 is 0. The van der Waals surface area contributed by atoms with E-state index in [9.17, 15) is 19.2 Å². The lowest BCUT2D eigenvalue weighted by atomic mass is 10.1. The molecule has 0 aliphatic carbocycles. The van der Waals surface area contributed by atoms with Crippen LogP contribution in [-0.2, 0) is 14.4 Å². The number of thioether (sulfide) groups is 1. The van der Waals surface area contributed by atoms with Crippen molar-refractivity contribution in [2.45, 2.75) is 32.7 Å². The van der Waals surface area contributed by atoms with Gasteiger partial charge >= 0.3 is 5.97 Å². The lowest BCUT2D eigenvalue weighted by molar-refractivity contribution is -0.126. The highest BCUT2D eigenvalue weighted by atomic mass is 35.5. The van der Waals surface area contributed by atoms with Crippen LogP contribution in [0.3, 0.4) is 0 Å². The van der Waals surface area contributed by atoms with E-state index >= 15 is 0 Å². The molecule has 10 heteroatoms. The quantitative estimate of drug-likeness (QED) is 0.572. The number of benzene rings is 1. The van der Waals surface area contributed by atoms with Crippen molar-refractivity contribution in [1.29, 1.82) is 0 Å². The van der Waals surface area contributed by atoms with Gasteiger partial charge in [-0.05, 0) is 18.6 Å². The summed E-state index contributed by atoms with van der Waals surface area (Å²) in [4.78, 5) is 43.7. The van der Waals surface area contributed by atoms with Crippen LogP contribution in [0.1, 0.15) is 37.0 Å². The predicted octanol–water partition coefficient (Wildman–Crippen LogP) is 4.05. The number of ketones is 1. The van der Waals surface area contributed by atoms with Crippen LogP contribution in [0.2, 0.25) is 10.0 Å². The first-order valence-corrected chi connectivity index (χ1v) is 10.1. The summed E-state index contributed by atoms with van der Waals surface area (Å²) in [6.07, 6.45) is 0.757. The number of rotatable bonds is 8. The monoisotopic (exact) mass is 455 g/mol. The van der Waals surface area contributed by atoms with Crippen LogP contribution in [-0.4, -0.2) is 45.6 Å². The third-order valence-corrected chi connectivity index (χ3v) is 4.78. The standard InChI is InChI=1S/C10H16ClNO3S.C7H4Cl2O2/c1-3-8(9(14)6-11)12-10(15)4-5-16-7(2)13;8-4-2-1-3-5(9)6(4)7(10)11/h8H,3-6H2,1-2H3,(H,12,15);1-3H,(H,10,11)/t8-;/m0./s1. The van der Waals surface area contributed by atoms with Crippen molar-refractivity contribution >= 4 is 69.3 Å². The number of Topliss-reactive ketones (excluding diaryl/α,β-unsaturated/α-hetero) is 1. The van der Waals surface area contributed by atoms with Gasteiger partial charge < -0.3 is 10.4 Å². The normalized spacial score (nSPS) is 11.0. The third kappa shape index (κ3) is 10.6. The number of aromatic carboxylic acids is 1. The lowest BCUT2D eigenvalue weighted by Crippen LogP contribution is -2.41. The van der Waals surface area contributed by atoms with Crippen LogP contribution in [0, 0.1) is 0 Å². The number of alkyl halides is 1. The Morgan fingerprint density at radius 2 is 1.74 bits per heavy atom. The Kier molecular flexibility index (Phi) is 13.2. The average Bonchev–Trinajstić information content (AvgIpc) is 2.58. The predicted molar refractivity (Wildman–Crippen MR) is 109 cm³/mol. The Balaban J connectivity index is 0.000000533. The van der Waals surface area contributed by atoms with Crippen molar-refractivity contribution in [3.8, 4) is 0 Å². The van der Waals surface area contributed by atoms with E-state index in [4.69, 9.17) is 39.9 Å². The summed E-state index contributed by atoms with van der Waals surface area (Å²) in [6.45, 7) is 3.26. The average molecular weight is 457 g/mol. The van der Waals surface area contributed by atoms with Crippen LogP contribution in [0.15, 0.2) is 18.2 Å².